The van der Waals surface area contributed by atoms with E-state index < -0.39 is 10.0 Å². The molecule has 2 heterocycles. The Hall–Kier alpha value is -1.76. The molecule has 0 aliphatic carbocycles. The summed E-state index contributed by atoms with van der Waals surface area (Å²) in [5.41, 5.74) is 1.13. The van der Waals surface area contributed by atoms with E-state index in [0.29, 0.717) is 18.0 Å². The highest BCUT2D eigenvalue weighted by Crippen LogP contribution is 2.24. The summed E-state index contributed by atoms with van der Waals surface area (Å²) in [5.74, 6) is 0. The van der Waals surface area contributed by atoms with E-state index in [9.17, 15) is 8.42 Å². The Kier molecular flexibility index (Phi) is 4.24. The number of nitrogens with zero attached hydrogens (tertiary/aromatic N) is 3. The van der Waals surface area contributed by atoms with Crippen molar-refractivity contribution >= 4 is 10.0 Å². The van der Waals surface area contributed by atoms with Crippen molar-refractivity contribution in [2.24, 2.45) is 0 Å². The Morgan fingerprint density at radius 1 is 1.18 bits per heavy atom. The third kappa shape index (κ3) is 3.04. The van der Waals surface area contributed by atoms with Crippen molar-refractivity contribution in [3.05, 3.63) is 60.4 Å². The first-order valence-electron chi connectivity index (χ1n) is 7.22. The molecule has 0 radical (unpaired) electrons. The molecule has 22 heavy (non-hydrogen) atoms. The van der Waals surface area contributed by atoms with Gasteiger partial charge in [0, 0.05) is 38.1 Å². The molecule has 1 aliphatic rings. The predicted molar refractivity (Wildman–Crippen MR) is 84.7 cm³/mol. The molecular formula is C16H19N3O2S. The lowest BCUT2D eigenvalue weighted by molar-refractivity contribution is 0.105. The molecule has 1 fully saturated rings. The molecule has 0 unspecified atom stereocenters. The van der Waals surface area contributed by atoms with Crippen molar-refractivity contribution in [2.45, 2.75) is 17.5 Å². The minimum Gasteiger partial charge on any atom is -0.296 e. The van der Waals surface area contributed by atoms with Crippen LogP contribution < -0.4 is 0 Å². The molecule has 1 saturated heterocycles. The van der Waals surface area contributed by atoms with Crippen molar-refractivity contribution < 1.29 is 8.42 Å². The van der Waals surface area contributed by atoms with E-state index >= 15 is 0 Å². The number of likely N-dealkylation sites (N-methyl/N-ethyl adjacent to an activating group) is 1. The van der Waals surface area contributed by atoms with Gasteiger partial charge < -0.3 is 0 Å². The molecule has 2 aromatic rings. The van der Waals surface area contributed by atoms with Gasteiger partial charge in [-0.2, -0.15) is 4.31 Å². The molecule has 0 spiro atoms. The van der Waals surface area contributed by atoms with Gasteiger partial charge in [-0.05, 0) is 30.8 Å². The number of rotatable bonds is 5. The first-order valence-corrected chi connectivity index (χ1v) is 8.66. The first-order chi connectivity index (χ1) is 10.6. The first kappa shape index (κ1) is 15.1. The van der Waals surface area contributed by atoms with Crippen LogP contribution in [0.2, 0.25) is 0 Å². The van der Waals surface area contributed by atoms with Crippen LogP contribution in [-0.4, -0.2) is 48.8 Å². The summed E-state index contributed by atoms with van der Waals surface area (Å²) in [5, 5.41) is 0. The average molecular weight is 317 g/mol. The van der Waals surface area contributed by atoms with E-state index in [1.54, 1.807) is 30.5 Å². The zero-order chi connectivity index (χ0) is 15.6. The summed E-state index contributed by atoms with van der Waals surface area (Å²) in [7, 11) is -1.33. The SMILES string of the molecule is CN(Cc1cccnc1)C1CN(S(=O)(=O)c2ccccc2)C1. The van der Waals surface area contributed by atoms with E-state index in [2.05, 4.69) is 9.88 Å². The van der Waals surface area contributed by atoms with E-state index in [4.69, 9.17) is 0 Å². The molecule has 1 aromatic heterocycles. The lowest BCUT2D eigenvalue weighted by Crippen LogP contribution is -2.59. The highest BCUT2D eigenvalue weighted by atomic mass is 32.2. The van der Waals surface area contributed by atoms with Gasteiger partial charge in [0.25, 0.3) is 0 Å². The van der Waals surface area contributed by atoms with Crippen LogP contribution in [0.5, 0.6) is 0 Å². The topological polar surface area (TPSA) is 53.5 Å². The summed E-state index contributed by atoms with van der Waals surface area (Å²) in [6.45, 7) is 1.85. The van der Waals surface area contributed by atoms with Gasteiger partial charge in [0.2, 0.25) is 10.0 Å². The minimum absolute atomic E-state index is 0.249. The van der Waals surface area contributed by atoms with E-state index in [0.717, 1.165) is 12.1 Å². The molecule has 3 rings (SSSR count). The van der Waals surface area contributed by atoms with E-state index in [1.807, 2.05) is 31.4 Å². The van der Waals surface area contributed by atoms with Crippen LogP contribution in [-0.2, 0) is 16.6 Å². The Morgan fingerprint density at radius 3 is 2.55 bits per heavy atom. The summed E-state index contributed by atoms with van der Waals surface area (Å²) in [6.07, 6.45) is 3.59. The molecular weight excluding hydrogens is 298 g/mol. The van der Waals surface area contributed by atoms with Crippen LogP contribution in [0.4, 0.5) is 0 Å². The van der Waals surface area contributed by atoms with Gasteiger partial charge in [-0.15, -0.1) is 0 Å². The Balaban J connectivity index is 1.60. The smallest absolute Gasteiger partial charge is 0.243 e. The number of aromatic nitrogens is 1. The van der Waals surface area contributed by atoms with Gasteiger partial charge >= 0.3 is 0 Å². The zero-order valence-corrected chi connectivity index (χ0v) is 13.3. The highest BCUT2D eigenvalue weighted by Gasteiger charge is 2.38. The molecule has 1 aromatic carbocycles. The van der Waals surface area contributed by atoms with E-state index in [-0.39, 0.29) is 6.04 Å². The third-order valence-corrected chi connectivity index (χ3v) is 5.83. The van der Waals surface area contributed by atoms with Crippen molar-refractivity contribution in [3.63, 3.8) is 0 Å². The fourth-order valence-electron chi connectivity index (χ4n) is 2.54. The van der Waals surface area contributed by atoms with Gasteiger partial charge in [-0.3, -0.25) is 9.88 Å². The molecule has 116 valence electrons. The molecule has 0 atom stereocenters. The van der Waals surface area contributed by atoms with E-state index in [1.165, 1.54) is 4.31 Å². The van der Waals surface area contributed by atoms with Gasteiger partial charge in [0.1, 0.15) is 0 Å². The number of hydrogen-bond donors (Lipinski definition) is 0. The number of hydrogen-bond acceptors (Lipinski definition) is 4. The van der Waals surface area contributed by atoms with Gasteiger partial charge in [-0.25, -0.2) is 8.42 Å². The lowest BCUT2D eigenvalue weighted by Gasteiger charge is -2.43. The van der Waals surface area contributed by atoms with Crippen molar-refractivity contribution in [2.75, 3.05) is 20.1 Å². The minimum atomic E-state index is -3.35. The van der Waals surface area contributed by atoms with Crippen molar-refractivity contribution in [1.82, 2.24) is 14.2 Å². The maximum atomic E-state index is 12.4. The Labute approximate surface area is 131 Å². The number of benzene rings is 1. The zero-order valence-electron chi connectivity index (χ0n) is 12.5. The number of sulfonamides is 1. The summed E-state index contributed by atoms with van der Waals surface area (Å²) in [6, 6.07) is 12.8. The van der Waals surface area contributed by atoms with Crippen LogP contribution in [0.15, 0.2) is 59.8 Å². The van der Waals surface area contributed by atoms with Crippen LogP contribution in [0.3, 0.4) is 0 Å². The monoisotopic (exact) mass is 317 g/mol. The van der Waals surface area contributed by atoms with Crippen LogP contribution in [0, 0.1) is 0 Å². The molecule has 0 saturated carbocycles. The predicted octanol–water partition coefficient (Wildman–Crippen LogP) is 1.59. The maximum Gasteiger partial charge on any atom is 0.243 e. The third-order valence-electron chi connectivity index (χ3n) is 3.99. The number of pyridine rings is 1. The largest absolute Gasteiger partial charge is 0.296 e. The van der Waals surface area contributed by atoms with Crippen LogP contribution >= 0.6 is 0 Å². The fourth-order valence-corrected chi connectivity index (χ4v) is 4.08. The molecule has 1 aliphatic heterocycles. The Bertz CT molecular complexity index is 714. The fraction of sp³-hybridized carbons (Fsp3) is 0.312. The Morgan fingerprint density at radius 2 is 1.91 bits per heavy atom. The van der Waals surface area contributed by atoms with Crippen molar-refractivity contribution in [3.8, 4) is 0 Å². The second-order valence-electron chi connectivity index (χ2n) is 5.57. The normalized spacial score (nSPS) is 16.6. The molecule has 5 nitrogen and oxygen atoms in total. The lowest BCUT2D eigenvalue weighted by atomic mass is 10.1. The molecule has 6 heteroatoms. The second-order valence-corrected chi connectivity index (χ2v) is 7.50. The van der Waals surface area contributed by atoms with Crippen molar-refractivity contribution in [1.29, 1.82) is 0 Å². The van der Waals surface area contributed by atoms with Gasteiger partial charge in [-0.1, -0.05) is 24.3 Å². The summed E-state index contributed by atoms with van der Waals surface area (Å²) < 4.78 is 26.4. The van der Waals surface area contributed by atoms with Crippen LogP contribution in [0.25, 0.3) is 0 Å². The van der Waals surface area contributed by atoms with Gasteiger partial charge in [0.15, 0.2) is 0 Å². The molecule has 0 bridgehead atoms. The molecule has 0 N–H and O–H groups in total. The quantitative estimate of drug-likeness (QED) is 0.840. The average Bonchev–Trinajstić information content (AvgIpc) is 2.47. The maximum absolute atomic E-state index is 12.4. The van der Waals surface area contributed by atoms with Crippen LogP contribution in [0.1, 0.15) is 5.56 Å². The standard InChI is InChI=1S/C16H19N3O2S/c1-18(11-14-6-5-9-17-10-14)15-12-19(13-15)22(20,21)16-7-3-2-4-8-16/h2-10,15H,11-13H2,1H3. The highest BCUT2D eigenvalue weighted by molar-refractivity contribution is 7.89. The summed E-state index contributed by atoms with van der Waals surface area (Å²) in [4.78, 5) is 6.64. The second kappa shape index (κ2) is 6.16. The van der Waals surface area contributed by atoms with Gasteiger partial charge in [0.05, 0.1) is 4.90 Å². The summed E-state index contributed by atoms with van der Waals surface area (Å²) >= 11 is 0. The molecule has 0 amide bonds.